The summed E-state index contributed by atoms with van der Waals surface area (Å²) >= 11 is 0. The van der Waals surface area contributed by atoms with Crippen LogP contribution < -0.4 is 10.6 Å². The Balaban J connectivity index is 1.73. The molecule has 25 heavy (non-hydrogen) atoms. The first-order chi connectivity index (χ1) is 12.0. The fourth-order valence-electron chi connectivity index (χ4n) is 2.70. The van der Waals surface area contributed by atoms with E-state index in [1.807, 2.05) is 49.4 Å². The predicted molar refractivity (Wildman–Crippen MR) is 101 cm³/mol. The fourth-order valence-corrected chi connectivity index (χ4v) is 2.70. The number of carbonyl (C=O) groups is 2. The van der Waals surface area contributed by atoms with Crippen LogP contribution in [0.15, 0.2) is 42.5 Å². The average molecular weight is 336 g/mol. The molecule has 0 aromatic heterocycles. The summed E-state index contributed by atoms with van der Waals surface area (Å²) in [5, 5.41) is 5.90. The summed E-state index contributed by atoms with van der Waals surface area (Å²) < 4.78 is 0. The molecule has 3 rings (SSSR count). The smallest absolute Gasteiger partial charge is 0.255 e. The van der Waals surface area contributed by atoms with E-state index in [9.17, 15) is 9.59 Å². The van der Waals surface area contributed by atoms with Gasteiger partial charge in [-0.2, -0.15) is 0 Å². The van der Waals surface area contributed by atoms with E-state index in [2.05, 4.69) is 24.5 Å². The molecule has 0 heterocycles. The summed E-state index contributed by atoms with van der Waals surface area (Å²) in [6.07, 6.45) is 1.93. The number of hydrogen-bond donors (Lipinski definition) is 2. The lowest BCUT2D eigenvalue weighted by Crippen LogP contribution is -2.16. The molecule has 0 radical (unpaired) electrons. The molecule has 4 nitrogen and oxygen atoms in total. The number of rotatable bonds is 5. The zero-order valence-corrected chi connectivity index (χ0v) is 14.9. The molecular weight excluding hydrogens is 312 g/mol. The van der Waals surface area contributed by atoms with Gasteiger partial charge >= 0.3 is 0 Å². The van der Waals surface area contributed by atoms with Gasteiger partial charge in [0.15, 0.2) is 0 Å². The maximum Gasteiger partial charge on any atom is 0.255 e. The van der Waals surface area contributed by atoms with E-state index in [0.717, 1.165) is 24.1 Å². The van der Waals surface area contributed by atoms with Gasteiger partial charge in [0.25, 0.3) is 5.91 Å². The van der Waals surface area contributed by atoms with E-state index in [1.165, 1.54) is 5.56 Å². The van der Waals surface area contributed by atoms with Gasteiger partial charge in [0.05, 0.1) is 0 Å². The molecule has 0 spiro atoms. The van der Waals surface area contributed by atoms with Gasteiger partial charge in [0, 0.05) is 22.9 Å². The van der Waals surface area contributed by atoms with Crippen LogP contribution in [-0.2, 0) is 4.79 Å². The summed E-state index contributed by atoms with van der Waals surface area (Å²) in [7, 11) is 0. The molecule has 0 saturated heterocycles. The van der Waals surface area contributed by atoms with Crippen molar-refractivity contribution in [1.82, 2.24) is 0 Å². The number of benzene rings is 2. The molecule has 1 aliphatic carbocycles. The Labute approximate surface area is 148 Å². The van der Waals surface area contributed by atoms with Crippen molar-refractivity contribution in [2.45, 2.75) is 39.5 Å². The first-order valence-electron chi connectivity index (χ1n) is 8.77. The van der Waals surface area contributed by atoms with Gasteiger partial charge in [-0.1, -0.05) is 32.0 Å². The second-order valence-corrected chi connectivity index (χ2v) is 6.97. The largest absolute Gasteiger partial charge is 0.326 e. The molecule has 0 unspecified atom stereocenters. The maximum atomic E-state index is 12.5. The van der Waals surface area contributed by atoms with Crippen molar-refractivity contribution >= 4 is 23.2 Å². The second kappa shape index (κ2) is 7.09. The molecule has 2 amide bonds. The molecule has 1 aliphatic rings. The van der Waals surface area contributed by atoms with Crippen LogP contribution >= 0.6 is 0 Å². The summed E-state index contributed by atoms with van der Waals surface area (Å²) in [5.74, 6) is 0.503. The van der Waals surface area contributed by atoms with Crippen molar-refractivity contribution < 1.29 is 9.59 Å². The standard InChI is InChI=1S/C21H24N2O2/c1-13(2)15-7-9-16(10-8-15)20(24)22-18-5-4-6-19(14(18)3)23-21(25)17-11-12-17/h4-10,13,17H,11-12H2,1-3H3,(H,22,24)(H,23,25). The maximum absolute atomic E-state index is 12.5. The SMILES string of the molecule is Cc1c(NC(=O)c2ccc(C(C)C)cc2)cccc1NC(=O)C1CC1. The van der Waals surface area contributed by atoms with Gasteiger partial charge in [-0.15, -0.1) is 0 Å². The fraction of sp³-hybridized carbons (Fsp3) is 0.333. The van der Waals surface area contributed by atoms with Crippen molar-refractivity contribution in [3.8, 4) is 0 Å². The van der Waals surface area contributed by atoms with E-state index in [-0.39, 0.29) is 17.7 Å². The van der Waals surface area contributed by atoms with Gasteiger partial charge in [-0.3, -0.25) is 9.59 Å². The highest BCUT2D eigenvalue weighted by Gasteiger charge is 2.29. The lowest BCUT2D eigenvalue weighted by atomic mass is 10.0. The van der Waals surface area contributed by atoms with Crippen LogP contribution in [0, 0.1) is 12.8 Å². The third-order valence-electron chi connectivity index (χ3n) is 4.63. The summed E-state index contributed by atoms with van der Waals surface area (Å²) in [6, 6.07) is 13.2. The minimum Gasteiger partial charge on any atom is -0.326 e. The summed E-state index contributed by atoms with van der Waals surface area (Å²) in [6.45, 7) is 6.15. The average Bonchev–Trinajstić information content (AvgIpc) is 3.43. The molecular formula is C21H24N2O2. The first kappa shape index (κ1) is 17.2. The van der Waals surface area contributed by atoms with Crippen LogP contribution in [0.5, 0.6) is 0 Å². The third-order valence-corrected chi connectivity index (χ3v) is 4.63. The lowest BCUT2D eigenvalue weighted by Gasteiger charge is -2.14. The summed E-state index contributed by atoms with van der Waals surface area (Å²) in [5.41, 5.74) is 4.16. The highest BCUT2D eigenvalue weighted by atomic mass is 16.2. The normalized spacial score (nSPS) is 13.6. The molecule has 2 aromatic rings. The van der Waals surface area contributed by atoms with Crippen LogP contribution in [0.25, 0.3) is 0 Å². The minimum atomic E-state index is -0.149. The Morgan fingerprint density at radius 2 is 1.56 bits per heavy atom. The Bertz CT molecular complexity index is 790. The minimum absolute atomic E-state index is 0.0656. The molecule has 0 aliphatic heterocycles. The summed E-state index contributed by atoms with van der Waals surface area (Å²) in [4.78, 5) is 24.5. The number of amides is 2. The van der Waals surface area contributed by atoms with E-state index in [4.69, 9.17) is 0 Å². The highest BCUT2D eigenvalue weighted by Crippen LogP contribution is 2.31. The van der Waals surface area contributed by atoms with Crippen LogP contribution in [-0.4, -0.2) is 11.8 Å². The zero-order chi connectivity index (χ0) is 18.0. The molecule has 1 fully saturated rings. The van der Waals surface area contributed by atoms with E-state index in [0.29, 0.717) is 17.2 Å². The Kier molecular flexibility index (Phi) is 4.88. The van der Waals surface area contributed by atoms with Crippen LogP contribution in [0.3, 0.4) is 0 Å². The van der Waals surface area contributed by atoms with E-state index >= 15 is 0 Å². The van der Waals surface area contributed by atoms with E-state index in [1.54, 1.807) is 0 Å². The zero-order valence-electron chi connectivity index (χ0n) is 14.9. The second-order valence-electron chi connectivity index (χ2n) is 6.97. The molecule has 0 atom stereocenters. The topological polar surface area (TPSA) is 58.2 Å². The van der Waals surface area contributed by atoms with Crippen LogP contribution in [0.1, 0.15) is 54.1 Å². The Morgan fingerprint density at radius 3 is 2.12 bits per heavy atom. The van der Waals surface area contributed by atoms with Gasteiger partial charge in [0.2, 0.25) is 5.91 Å². The quantitative estimate of drug-likeness (QED) is 0.830. The lowest BCUT2D eigenvalue weighted by molar-refractivity contribution is -0.117. The molecule has 4 heteroatoms. The monoisotopic (exact) mass is 336 g/mol. The molecule has 1 saturated carbocycles. The van der Waals surface area contributed by atoms with Crippen LogP contribution in [0.4, 0.5) is 11.4 Å². The van der Waals surface area contributed by atoms with Gasteiger partial charge in [-0.05, 0) is 61.1 Å². The van der Waals surface area contributed by atoms with Gasteiger partial charge in [-0.25, -0.2) is 0 Å². The van der Waals surface area contributed by atoms with Gasteiger partial charge in [0.1, 0.15) is 0 Å². The van der Waals surface area contributed by atoms with Gasteiger partial charge < -0.3 is 10.6 Å². The third kappa shape index (κ3) is 4.08. The molecule has 2 N–H and O–H groups in total. The van der Waals surface area contributed by atoms with Crippen molar-refractivity contribution in [2.75, 3.05) is 10.6 Å². The number of anilines is 2. The highest BCUT2D eigenvalue weighted by molar-refractivity contribution is 6.05. The van der Waals surface area contributed by atoms with Crippen molar-refractivity contribution in [3.05, 3.63) is 59.2 Å². The molecule has 130 valence electrons. The first-order valence-corrected chi connectivity index (χ1v) is 8.77. The van der Waals surface area contributed by atoms with E-state index < -0.39 is 0 Å². The number of nitrogens with one attached hydrogen (secondary N) is 2. The van der Waals surface area contributed by atoms with Crippen molar-refractivity contribution in [1.29, 1.82) is 0 Å². The number of hydrogen-bond acceptors (Lipinski definition) is 2. The van der Waals surface area contributed by atoms with Crippen molar-refractivity contribution in [3.63, 3.8) is 0 Å². The van der Waals surface area contributed by atoms with Crippen molar-refractivity contribution in [2.24, 2.45) is 5.92 Å². The Hall–Kier alpha value is -2.62. The number of carbonyl (C=O) groups excluding carboxylic acids is 2. The molecule has 0 bridgehead atoms. The Morgan fingerprint density at radius 1 is 0.960 bits per heavy atom. The molecule has 2 aromatic carbocycles. The predicted octanol–water partition coefficient (Wildman–Crippen LogP) is 4.72. The van der Waals surface area contributed by atoms with Crippen LogP contribution in [0.2, 0.25) is 0 Å².